The second kappa shape index (κ2) is 3.94. The second-order valence-corrected chi connectivity index (χ2v) is 4.21. The molecule has 0 radical (unpaired) electrons. The Hall–Kier alpha value is -1.29. The molecule has 0 spiro atoms. The fourth-order valence-corrected chi connectivity index (χ4v) is 2.11. The van der Waals surface area contributed by atoms with Gasteiger partial charge in [-0.1, -0.05) is 18.5 Å². The second-order valence-electron chi connectivity index (χ2n) is 3.81. The van der Waals surface area contributed by atoms with E-state index >= 15 is 0 Å². The highest BCUT2D eigenvalue weighted by molar-refractivity contribution is 6.31. The molecular formula is C11H12ClFN2O. The van der Waals surface area contributed by atoms with Crippen LogP contribution >= 0.6 is 11.6 Å². The summed E-state index contributed by atoms with van der Waals surface area (Å²) in [4.78, 5) is 13.5. The first kappa shape index (κ1) is 11.2. The number of benzene rings is 1. The van der Waals surface area contributed by atoms with E-state index in [2.05, 4.69) is 5.32 Å². The van der Waals surface area contributed by atoms with E-state index in [1.165, 1.54) is 12.1 Å². The fourth-order valence-electron chi connectivity index (χ4n) is 1.95. The standard InChI is InChI=1S/C11H12ClFN2O/c1-3-9-11(16)14-8-5-7(13)6(12)4-10(8)15(9)2/h4-5,9H,3H2,1-2H3,(H,14,16). The average Bonchev–Trinajstić information content (AvgIpc) is 2.22. The number of likely N-dealkylation sites (N-methyl/N-ethyl adjacent to an activating group) is 1. The average molecular weight is 243 g/mol. The molecular weight excluding hydrogens is 231 g/mol. The fraction of sp³-hybridized carbons (Fsp3) is 0.364. The third-order valence-corrected chi connectivity index (χ3v) is 3.12. The Bertz CT molecular complexity index is 450. The summed E-state index contributed by atoms with van der Waals surface area (Å²) in [6.07, 6.45) is 0.691. The quantitative estimate of drug-likeness (QED) is 0.821. The largest absolute Gasteiger partial charge is 0.361 e. The van der Waals surface area contributed by atoms with Crippen molar-refractivity contribution >= 4 is 28.9 Å². The molecule has 86 valence electrons. The number of rotatable bonds is 1. The summed E-state index contributed by atoms with van der Waals surface area (Å²) < 4.78 is 13.2. The maximum atomic E-state index is 13.2. The molecule has 0 fully saturated rings. The van der Waals surface area contributed by atoms with Gasteiger partial charge in [0.15, 0.2) is 0 Å². The third kappa shape index (κ3) is 1.63. The first-order valence-electron chi connectivity index (χ1n) is 5.07. The van der Waals surface area contributed by atoms with E-state index in [9.17, 15) is 9.18 Å². The Kier molecular flexibility index (Phi) is 2.76. The van der Waals surface area contributed by atoms with E-state index in [-0.39, 0.29) is 17.0 Å². The Balaban J connectivity index is 2.51. The molecule has 3 nitrogen and oxygen atoms in total. The van der Waals surface area contributed by atoms with Crippen LogP contribution in [0.5, 0.6) is 0 Å². The van der Waals surface area contributed by atoms with Gasteiger partial charge in [-0.2, -0.15) is 0 Å². The summed E-state index contributed by atoms with van der Waals surface area (Å²) in [5.74, 6) is -0.636. The molecule has 1 aliphatic heterocycles. The Labute approximate surface area is 98.2 Å². The highest BCUT2D eigenvalue weighted by Crippen LogP contribution is 2.35. The minimum absolute atomic E-state index is 0.0663. The summed E-state index contributed by atoms with van der Waals surface area (Å²) in [6, 6.07) is 2.56. The van der Waals surface area contributed by atoms with Gasteiger partial charge in [0.2, 0.25) is 5.91 Å². The van der Waals surface area contributed by atoms with Gasteiger partial charge in [0.1, 0.15) is 11.9 Å². The van der Waals surface area contributed by atoms with Crippen LogP contribution in [0.3, 0.4) is 0 Å². The summed E-state index contributed by atoms with van der Waals surface area (Å²) >= 11 is 5.72. The molecule has 5 heteroatoms. The molecule has 1 heterocycles. The van der Waals surface area contributed by atoms with Crippen LogP contribution in [0.2, 0.25) is 5.02 Å². The highest BCUT2D eigenvalue weighted by atomic mass is 35.5. The lowest BCUT2D eigenvalue weighted by atomic mass is 10.1. The van der Waals surface area contributed by atoms with Crippen molar-refractivity contribution in [3.05, 3.63) is 23.0 Å². The SMILES string of the molecule is CCC1C(=O)Nc2cc(F)c(Cl)cc2N1C. The van der Waals surface area contributed by atoms with Gasteiger partial charge in [-0.05, 0) is 12.5 Å². The molecule has 0 saturated carbocycles. The molecule has 1 aromatic rings. The topological polar surface area (TPSA) is 32.3 Å². The van der Waals surface area contributed by atoms with E-state index in [4.69, 9.17) is 11.6 Å². The normalized spacial score (nSPS) is 19.4. The van der Waals surface area contributed by atoms with Gasteiger partial charge < -0.3 is 10.2 Å². The lowest BCUT2D eigenvalue weighted by molar-refractivity contribution is -0.117. The smallest absolute Gasteiger partial charge is 0.247 e. The van der Waals surface area contributed by atoms with Crippen molar-refractivity contribution in [2.24, 2.45) is 0 Å². The third-order valence-electron chi connectivity index (χ3n) is 2.83. The molecule has 1 atom stereocenters. The van der Waals surface area contributed by atoms with Gasteiger partial charge in [0.05, 0.1) is 16.4 Å². The van der Waals surface area contributed by atoms with Crippen LogP contribution in [-0.2, 0) is 4.79 Å². The molecule has 0 aliphatic carbocycles. The zero-order valence-corrected chi connectivity index (χ0v) is 9.81. The van der Waals surface area contributed by atoms with E-state index in [0.717, 1.165) is 5.69 Å². The van der Waals surface area contributed by atoms with Crippen molar-refractivity contribution in [2.45, 2.75) is 19.4 Å². The van der Waals surface area contributed by atoms with Crippen LogP contribution in [0.4, 0.5) is 15.8 Å². The van der Waals surface area contributed by atoms with Gasteiger partial charge in [0.25, 0.3) is 0 Å². The summed E-state index contributed by atoms with van der Waals surface area (Å²) in [5.41, 5.74) is 1.22. The zero-order valence-electron chi connectivity index (χ0n) is 9.05. The van der Waals surface area contributed by atoms with Crippen molar-refractivity contribution in [2.75, 3.05) is 17.3 Å². The number of carbonyl (C=O) groups excluding carboxylic acids is 1. The molecule has 1 amide bonds. The predicted molar refractivity (Wildman–Crippen MR) is 62.5 cm³/mol. The van der Waals surface area contributed by atoms with Crippen LogP contribution in [-0.4, -0.2) is 19.0 Å². The van der Waals surface area contributed by atoms with E-state index in [1.54, 1.807) is 7.05 Å². The number of halogens is 2. The van der Waals surface area contributed by atoms with Gasteiger partial charge in [-0.25, -0.2) is 4.39 Å². The minimum Gasteiger partial charge on any atom is -0.361 e. The lowest BCUT2D eigenvalue weighted by Gasteiger charge is -2.34. The molecule has 0 saturated heterocycles. The first-order chi connectivity index (χ1) is 7.54. The van der Waals surface area contributed by atoms with Crippen LogP contribution in [0, 0.1) is 5.82 Å². The van der Waals surface area contributed by atoms with Crippen LogP contribution in [0.1, 0.15) is 13.3 Å². The maximum absolute atomic E-state index is 13.2. The van der Waals surface area contributed by atoms with Gasteiger partial charge in [0, 0.05) is 13.1 Å². The zero-order chi connectivity index (χ0) is 11.9. The Morgan fingerprint density at radius 2 is 2.25 bits per heavy atom. The number of amides is 1. The van der Waals surface area contributed by atoms with Crippen LogP contribution in [0.25, 0.3) is 0 Å². The molecule has 2 rings (SSSR count). The predicted octanol–water partition coefficient (Wildman–Crippen LogP) is 2.65. The number of nitrogens with zero attached hydrogens (tertiary/aromatic N) is 1. The maximum Gasteiger partial charge on any atom is 0.247 e. The molecule has 0 aromatic heterocycles. The van der Waals surface area contributed by atoms with Gasteiger partial charge >= 0.3 is 0 Å². The van der Waals surface area contributed by atoms with Crippen molar-refractivity contribution < 1.29 is 9.18 Å². The molecule has 1 N–H and O–H groups in total. The van der Waals surface area contributed by atoms with Crippen LogP contribution < -0.4 is 10.2 Å². The number of fused-ring (bicyclic) bond motifs is 1. The summed E-state index contributed by atoms with van der Waals surface area (Å²) in [6.45, 7) is 1.93. The van der Waals surface area contributed by atoms with Gasteiger partial charge in [-0.3, -0.25) is 4.79 Å². The van der Waals surface area contributed by atoms with Crippen molar-refractivity contribution in [1.82, 2.24) is 0 Å². The highest BCUT2D eigenvalue weighted by Gasteiger charge is 2.29. The number of carbonyl (C=O) groups is 1. The van der Waals surface area contributed by atoms with Gasteiger partial charge in [-0.15, -0.1) is 0 Å². The van der Waals surface area contributed by atoms with E-state index in [0.29, 0.717) is 12.1 Å². The van der Waals surface area contributed by atoms with E-state index in [1.807, 2.05) is 11.8 Å². The summed E-state index contributed by atoms with van der Waals surface area (Å²) in [7, 11) is 1.81. The Morgan fingerprint density at radius 3 is 2.88 bits per heavy atom. The lowest BCUT2D eigenvalue weighted by Crippen LogP contribution is -2.45. The molecule has 1 aliphatic rings. The van der Waals surface area contributed by atoms with Crippen molar-refractivity contribution in [3.8, 4) is 0 Å². The minimum atomic E-state index is -0.524. The molecule has 0 bridgehead atoms. The number of hydrogen-bond acceptors (Lipinski definition) is 2. The number of hydrogen-bond donors (Lipinski definition) is 1. The van der Waals surface area contributed by atoms with Crippen molar-refractivity contribution in [1.29, 1.82) is 0 Å². The number of nitrogens with one attached hydrogen (secondary N) is 1. The first-order valence-corrected chi connectivity index (χ1v) is 5.45. The monoisotopic (exact) mass is 242 g/mol. The Morgan fingerprint density at radius 1 is 1.56 bits per heavy atom. The van der Waals surface area contributed by atoms with Crippen molar-refractivity contribution in [3.63, 3.8) is 0 Å². The molecule has 16 heavy (non-hydrogen) atoms. The van der Waals surface area contributed by atoms with E-state index < -0.39 is 5.82 Å². The number of anilines is 2. The molecule has 1 unspecified atom stereocenters. The van der Waals surface area contributed by atoms with Crippen LogP contribution in [0.15, 0.2) is 12.1 Å². The summed E-state index contributed by atoms with van der Waals surface area (Å²) in [5, 5.41) is 2.75. The molecule has 1 aromatic carbocycles.